The summed E-state index contributed by atoms with van der Waals surface area (Å²) in [5.41, 5.74) is 3.74. The summed E-state index contributed by atoms with van der Waals surface area (Å²) in [6.07, 6.45) is 6.50. The number of hydroxylamine groups is 1. The maximum absolute atomic E-state index is 11.9. The average molecular weight is 510 g/mol. The summed E-state index contributed by atoms with van der Waals surface area (Å²) in [5.74, 6) is 0.805. The van der Waals surface area contributed by atoms with E-state index in [1.54, 1.807) is 18.4 Å². The number of benzene rings is 1. The van der Waals surface area contributed by atoms with Crippen LogP contribution in [0.2, 0.25) is 0 Å². The molecule has 1 fully saturated rings. The Kier molecular flexibility index (Phi) is 14.3. The molecule has 0 radical (unpaired) electrons. The zero-order valence-electron chi connectivity index (χ0n) is 20.4. The molecule has 0 bridgehead atoms. The van der Waals surface area contributed by atoms with Crippen LogP contribution < -0.4 is 10.2 Å². The molecule has 0 unspecified atom stereocenters. The second-order valence-corrected chi connectivity index (χ2v) is 9.98. The van der Waals surface area contributed by atoms with Crippen LogP contribution >= 0.6 is 24.0 Å². The van der Waals surface area contributed by atoms with Crippen molar-refractivity contribution in [2.24, 2.45) is 0 Å². The first-order valence-corrected chi connectivity index (χ1v) is 13.4. The fraction of sp³-hybridized carbons (Fsp3) is 0.577. The number of methoxy groups -OCH3 is 1. The third-order valence-electron chi connectivity index (χ3n) is 5.43. The number of thiol groups is 1. The Morgan fingerprint density at radius 3 is 2.44 bits per heavy atom. The SMILES string of the molecule is CCCCOc1ccc(-c2cccs2)cc1.COCCCCCONC(=O)C1(S)CCOCC1. The number of hydrogen-bond donors (Lipinski definition) is 2. The first kappa shape index (κ1) is 28.7. The van der Waals surface area contributed by atoms with E-state index >= 15 is 0 Å². The predicted octanol–water partition coefficient (Wildman–Crippen LogP) is 5.92. The molecule has 3 rings (SSSR count). The van der Waals surface area contributed by atoms with E-state index in [-0.39, 0.29) is 5.91 Å². The molecule has 0 aliphatic carbocycles. The largest absolute Gasteiger partial charge is 0.494 e. The van der Waals surface area contributed by atoms with Gasteiger partial charge in [0.25, 0.3) is 5.91 Å². The number of rotatable bonds is 13. The van der Waals surface area contributed by atoms with E-state index in [4.69, 9.17) is 19.0 Å². The Labute approximate surface area is 213 Å². The van der Waals surface area contributed by atoms with Crippen LogP contribution in [0.25, 0.3) is 10.4 Å². The number of thiophene rings is 1. The van der Waals surface area contributed by atoms with Gasteiger partial charge in [-0.25, -0.2) is 5.48 Å². The van der Waals surface area contributed by atoms with Crippen molar-refractivity contribution in [2.45, 2.75) is 56.6 Å². The van der Waals surface area contributed by atoms with Gasteiger partial charge < -0.3 is 14.2 Å². The van der Waals surface area contributed by atoms with Crippen molar-refractivity contribution in [1.29, 1.82) is 0 Å². The molecule has 34 heavy (non-hydrogen) atoms. The van der Waals surface area contributed by atoms with Crippen LogP contribution in [0.5, 0.6) is 5.75 Å². The highest BCUT2D eigenvalue weighted by molar-refractivity contribution is 7.82. The van der Waals surface area contributed by atoms with Crippen LogP contribution in [0.15, 0.2) is 41.8 Å². The number of carbonyl (C=O) groups excluding carboxylic acids is 1. The molecule has 1 saturated heterocycles. The summed E-state index contributed by atoms with van der Waals surface area (Å²) in [4.78, 5) is 18.3. The molecule has 1 aliphatic heterocycles. The third-order valence-corrected chi connectivity index (χ3v) is 7.00. The van der Waals surface area contributed by atoms with Gasteiger partial charge in [0.2, 0.25) is 0 Å². The summed E-state index contributed by atoms with van der Waals surface area (Å²) in [6.45, 7) is 5.43. The molecule has 1 aromatic heterocycles. The lowest BCUT2D eigenvalue weighted by molar-refractivity contribution is -0.138. The Bertz CT molecular complexity index is 777. The summed E-state index contributed by atoms with van der Waals surface area (Å²) >= 11 is 6.19. The smallest absolute Gasteiger partial charge is 0.259 e. The molecule has 1 N–H and O–H groups in total. The summed E-state index contributed by atoms with van der Waals surface area (Å²) in [7, 11) is 1.69. The Hall–Kier alpha value is -1.58. The van der Waals surface area contributed by atoms with Crippen molar-refractivity contribution < 1.29 is 23.8 Å². The van der Waals surface area contributed by atoms with Gasteiger partial charge in [0.05, 0.1) is 18.0 Å². The average Bonchev–Trinajstić information content (AvgIpc) is 3.40. The van der Waals surface area contributed by atoms with Gasteiger partial charge in [-0.05, 0) is 79.8 Å². The fourth-order valence-electron chi connectivity index (χ4n) is 3.24. The molecule has 190 valence electrons. The van der Waals surface area contributed by atoms with Crippen LogP contribution in [-0.2, 0) is 19.1 Å². The van der Waals surface area contributed by atoms with Gasteiger partial charge in [-0.3, -0.25) is 9.63 Å². The molecule has 2 aromatic rings. The Morgan fingerprint density at radius 1 is 1.06 bits per heavy atom. The lowest BCUT2D eigenvalue weighted by atomic mass is 9.98. The highest BCUT2D eigenvalue weighted by Crippen LogP contribution is 2.28. The molecular weight excluding hydrogens is 470 g/mol. The highest BCUT2D eigenvalue weighted by atomic mass is 32.1. The van der Waals surface area contributed by atoms with Crippen molar-refractivity contribution in [3.05, 3.63) is 41.8 Å². The second-order valence-electron chi connectivity index (χ2n) is 8.18. The number of carbonyl (C=O) groups is 1. The minimum atomic E-state index is -0.645. The Balaban J connectivity index is 0.000000241. The monoisotopic (exact) mass is 509 g/mol. The van der Waals surface area contributed by atoms with Crippen molar-refractivity contribution in [3.8, 4) is 16.2 Å². The number of amides is 1. The molecule has 6 nitrogen and oxygen atoms in total. The summed E-state index contributed by atoms with van der Waals surface area (Å²) < 4.78 is 15.1. The Morgan fingerprint density at radius 2 is 1.79 bits per heavy atom. The second kappa shape index (κ2) is 16.9. The zero-order chi connectivity index (χ0) is 24.5. The molecule has 1 aliphatic rings. The standard InChI is InChI=1S/C14H16OS.C12H23NO4S/c1-2-3-10-15-13-8-6-12(7-9-13)14-5-4-11-16-14;1-15-7-3-2-4-8-17-13-11(14)12(18)5-9-16-10-6-12/h4-9,11H,2-3,10H2,1H3;18H,2-10H2,1H3,(H,13,14). The van der Waals surface area contributed by atoms with E-state index in [0.717, 1.165) is 44.6 Å². The quantitative estimate of drug-likeness (QED) is 0.199. The lowest BCUT2D eigenvalue weighted by Crippen LogP contribution is -2.46. The van der Waals surface area contributed by atoms with E-state index in [0.29, 0.717) is 32.7 Å². The van der Waals surface area contributed by atoms with E-state index in [9.17, 15) is 4.79 Å². The molecular formula is C26H39NO5S2. The molecule has 8 heteroatoms. The van der Waals surface area contributed by atoms with Crippen LogP contribution in [0.4, 0.5) is 0 Å². The van der Waals surface area contributed by atoms with Gasteiger partial charge >= 0.3 is 0 Å². The maximum atomic E-state index is 11.9. The van der Waals surface area contributed by atoms with Gasteiger partial charge in [0.1, 0.15) is 5.75 Å². The molecule has 0 spiro atoms. The van der Waals surface area contributed by atoms with Crippen LogP contribution in [0.1, 0.15) is 51.9 Å². The zero-order valence-corrected chi connectivity index (χ0v) is 22.1. The number of hydrogen-bond acceptors (Lipinski definition) is 7. The van der Waals surface area contributed by atoms with E-state index in [1.807, 2.05) is 12.1 Å². The van der Waals surface area contributed by atoms with Crippen LogP contribution in [0.3, 0.4) is 0 Å². The van der Waals surface area contributed by atoms with Crippen molar-refractivity contribution >= 4 is 29.9 Å². The minimum Gasteiger partial charge on any atom is -0.494 e. The first-order chi connectivity index (χ1) is 16.6. The topological polar surface area (TPSA) is 66.0 Å². The minimum absolute atomic E-state index is 0.161. The lowest BCUT2D eigenvalue weighted by Gasteiger charge is -2.30. The van der Waals surface area contributed by atoms with E-state index in [2.05, 4.69) is 54.7 Å². The number of ether oxygens (including phenoxy) is 3. The normalized spacial score (nSPS) is 14.7. The molecule has 1 amide bonds. The van der Waals surface area contributed by atoms with Crippen LogP contribution in [-0.4, -0.2) is 50.8 Å². The first-order valence-electron chi connectivity index (χ1n) is 12.1. The predicted molar refractivity (Wildman–Crippen MR) is 142 cm³/mol. The van der Waals surface area contributed by atoms with E-state index < -0.39 is 4.75 Å². The van der Waals surface area contributed by atoms with Crippen molar-refractivity contribution in [3.63, 3.8) is 0 Å². The number of nitrogens with one attached hydrogen (secondary N) is 1. The van der Waals surface area contributed by atoms with Gasteiger partial charge in [-0.15, -0.1) is 11.3 Å². The van der Waals surface area contributed by atoms with E-state index in [1.165, 1.54) is 16.9 Å². The van der Waals surface area contributed by atoms with Gasteiger partial charge in [0.15, 0.2) is 0 Å². The maximum Gasteiger partial charge on any atom is 0.259 e. The van der Waals surface area contributed by atoms with Crippen molar-refractivity contribution in [1.82, 2.24) is 5.48 Å². The molecule has 0 atom stereocenters. The third kappa shape index (κ3) is 10.8. The van der Waals surface area contributed by atoms with Crippen molar-refractivity contribution in [2.75, 3.05) is 40.1 Å². The van der Waals surface area contributed by atoms with Gasteiger partial charge in [-0.1, -0.05) is 19.4 Å². The number of unbranched alkanes of at least 4 members (excludes halogenated alkanes) is 3. The van der Waals surface area contributed by atoms with Gasteiger partial charge in [-0.2, -0.15) is 12.6 Å². The summed E-state index contributed by atoms with van der Waals surface area (Å²) in [6, 6.07) is 12.5. The molecule has 1 aromatic carbocycles. The van der Waals surface area contributed by atoms with Crippen LogP contribution in [0, 0.1) is 0 Å². The molecule has 2 heterocycles. The molecule has 0 saturated carbocycles. The fourth-order valence-corrected chi connectivity index (χ4v) is 4.20. The van der Waals surface area contributed by atoms with Gasteiger partial charge in [0, 0.05) is 31.8 Å². The summed E-state index contributed by atoms with van der Waals surface area (Å²) in [5, 5.41) is 2.10. The highest BCUT2D eigenvalue weighted by Gasteiger charge is 2.36.